The molecule has 1 aromatic carbocycles. The fourth-order valence-corrected chi connectivity index (χ4v) is 4.67. The SMILES string of the molecule is CC(C)N(C)S(=O)(=O)c1ccc(NC(=O)c2cc(Cl)sc2Cl)cc1. The van der Waals surface area contributed by atoms with Crippen LogP contribution in [0, 0.1) is 0 Å². The van der Waals surface area contributed by atoms with Gasteiger partial charge >= 0.3 is 0 Å². The van der Waals surface area contributed by atoms with E-state index in [0.717, 1.165) is 11.3 Å². The average Bonchev–Trinajstić information content (AvgIpc) is 2.85. The third kappa shape index (κ3) is 4.10. The fraction of sp³-hybridized carbons (Fsp3) is 0.267. The van der Waals surface area contributed by atoms with Gasteiger partial charge in [0.05, 0.1) is 14.8 Å². The summed E-state index contributed by atoms with van der Waals surface area (Å²) in [5.41, 5.74) is 0.743. The first-order valence-corrected chi connectivity index (χ1v) is 9.98. The van der Waals surface area contributed by atoms with Gasteiger partial charge in [0.15, 0.2) is 0 Å². The number of amides is 1. The van der Waals surface area contributed by atoms with Gasteiger partial charge in [-0.2, -0.15) is 4.31 Å². The van der Waals surface area contributed by atoms with E-state index in [0.29, 0.717) is 14.4 Å². The molecule has 24 heavy (non-hydrogen) atoms. The standard InChI is InChI=1S/C15H16Cl2N2O3S2/c1-9(2)19(3)24(21,22)11-6-4-10(5-7-11)18-15(20)12-8-13(16)23-14(12)17/h4-9H,1-3H3,(H,18,20). The number of halogens is 2. The summed E-state index contributed by atoms with van der Waals surface area (Å²) in [6.07, 6.45) is 0. The van der Waals surface area contributed by atoms with Crippen molar-refractivity contribution in [3.05, 3.63) is 44.6 Å². The summed E-state index contributed by atoms with van der Waals surface area (Å²) in [6, 6.07) is 7.29. The zero-order chi connectivity index (χ0) is 18.1. The molecule has 0 fully saturated rings. The van der Waals surface area contributed by atoms with Crippen LogP contribution in [0.5, 0.6) is 0 Å². The van der Waals surface area contributed by atoms with Crippen molar-refractivity contribution < 1.29 is 13.2 Å². The number of anilines is 1. The minimum atomic E-state index is -3.56. The first-order valence-electron chi connectivity index (χ1n) is 6.97. The minimum Gasteiger partial charge on any atom is -0.322 e. The molecule has 1 amide bonds. The lowest BCUT2D eigenvalue weighted by Gasteiger charge is -2.21. The van der Waals surface area contributed by atoms with Crippen molar-refractivity contribution in [3.8, 4) is 0 Å². The van der Waals surface area contributed by atoms with E-state index in [1.165, 1.54) is 41.7 Å². The zero-order valence-electron chi connectivity index (χ0n) is 13.2. The van der Waals surface area contributed by atoms with Gasteiger partial charge in [0.2, 0.25) is 10.0 Å². The zero-order valence-corrected chi connectivity index (χ0v) is 16.4. The number of hydrogen-bond donors (Lipinski definition) is 1. The molecular weight excluding hydrogens is 391 g/mol. The number of sulfonamides is 1. The molecule has 0 saturated carbocycles. The molecule has 1 aromatic heterocycles. The highest BCUT2D eigenvalue weighted by Gasteiger charge is 2.23. The second kappa shape index (κ2) is 7.41. The van der Waals surface area contributed by atoms with Crippen LogP contribution in [0.25, 0.3) is 0 Å². The Labute approximate surface area is 155 Å². The quantitative estimate of drug-likeness (QED) is 0.802. The predicted octanol–water partition coefficient (Wildman–Crippen LogP) is 4.34. The normalized spacial score (nSPS) is 12.0. The van der Waals surface area contributed by atoms with Crippen LogP contribution < -0.4 is 5.32 Å². The molecule has 0 unspecified atom stereocenters. The van der Waals surface area contributed by atoms with Crippen LogP contribution in [0.1, 0.15) is 24.2 Å². The molecular formula is C15H16Cl2N2O3S2. The number of carbonyl (C=O) groups is 1. The van der Waals surface area contributed by atoms with Crippen LogP contribution >= 0.6 is 34.5 Å². The van der Waals surface area contributed by atoms with Gasteiger partial charge in [0.1, 0.15) is 4.34 Å². The lowest BCUT2D eigenvalue weighted by Crippen LogP contribution is -2.33. The Morgan fingerprint density at radius 2 is 1.79 bits per heavy atom. The summed E-state index contributed by atoms with van der Waals surface area (Å²) in [4.78, 5) is 12.3. The summed E-state index contributed by atoms with van der Waals surface area (Å²) in [7, 11) is -2.03. The maximum Gasteiger partial charge on any atom is 0.258 e. The van der Waals surface area contributed by atoms with Crippen LogP contribution in [0.15, 0.2) is 35.2 Å². The number of nitrogens with one attached hydrogen (secondary N) is 1. The molecule has 5 nitrogen and oxygen atoms in total. The van der Waals surface area contributed by atoms with Gasteiger partial charge in [-0.1, -0.05) is 23.2 Å². The third-order valence-corrected chi connectivity index (χ3v) is 6.95. The van der Waals surface area contributed by atoms with Crippen molar-refractivity contribution in [2.45, 2.75) is 24.8 Å². The molecule has 9 heteroatoms. The van der Waals surface area contributed by atoms with Gasteiger partial charge in [-0.3, -0.25) is 4.79 Å². The highest BCUT2D eigenvalue weighted by Crippen LogP contribution is 2.31. The maximum absolute atomic E-state index is 12.4. The number of carbonyl (C=O) groups excluding carboxylic acids is 1. The molecule has 0 radical (unpaired) electrons. The number of rotatable bonds is 5. The van der Waals surface area contributed by atoms with Crippen molar-refractivity contribution in [1.29, 1.82) is 0 Å². The Bertz CT molecular complexity index is 846. The van der Waals surface area contributed by atoms with Crippen molar-refractivity contribution in [2.24, 2.45) is 0 Å². The van der Waals surface area contributed by atoms with E-state index in [2.05, 4.69) is 5.32 Å². The van der Waals surface area contributed by atoms with Gasteiger partial charge in [0, 0.05) is 18.8 Å². The predicted molar refractivity (Wildman–Crippen MR) is 98.8 cm³/mol. The fourth-order valence-electron chi connectivity index (χ4n) is 1.85. The molecule has 1 N–H and O–H groups in total. The molecule has 0 aliphatic rings. The molecule has 0 bridgehead atoms. The summed E-state index contributed by atoms with van der Waals surface area (Å²) >= 11 is 12.9. The van der Waals surface area contributed by atoms with Crippen LogP contribution in [0.2, 0.25) is 8.67 Å². The average molecular weight is 407 g/mol. The van der Waals surface area contributed by atoms with Gasteiger partial charge in [-0.05, 0) is 44.2 Å². The molecule has 0 aliphatic carbocycles. The van der Waals surface area contributed by atoms with Gasteiger partial charge in [-0.15, -0.1) is 11.3 Å². The van der Waals surface area contributed by atoms with Crippen LogP contribution in [-0.2, 0) is 10.0 Å². The molecule has 2 aromatic rings. The molecule has 0 aliphatic heterocycles. The van der Waals surface area contributed by atoms with E-state index < -0.39 is 15.9 Å². The second-order valence-corrected chi connectivity index (χ2v) is 9.61. The number of benzene rings is 1. The van der Waals surface area contributed by atoms with E-state index in [-0.39, 0.29) is 16.5 Å². The van der Waals surface area contributed by atoms with Crippen LogP contribution in [-0.4, -0.2) is 31.7 Å². The largest absolute Gasteiger partial charge is 0.322 e. The Balaban J connectivity index is 2.18. The first-order chi connectivity index (χ1) is 11.1. The van der Waals surface area contributed by atoms with Crippen molar-refractivity contribution >= 4 is 56.2 Å². The Morgan fingerprint density at radius 1 is 1.21 bits per heavy atom. The summed E-state index contributed by atoms with van der Waals surface area (Å²) in [5, 5.41) is 2.66. The summed E-state index contributed by atoms with van der Waals surface area (Å²) < 4.78 is 26.8. The van der Waals surface area contributed by atoms with Crippen LogP contribution in [0.3, 0.4) is 0 Å². The third-order valence-electron chi connectivity index (χ3n) is 3.42. The van der Waals surface area contributed by atoms with E-state index in [9.17, 15) is 13.2 Å². The van der Waals surface area contributed by atoms with Crippen molar-refractivity contribution in [3.63, 3.8) is 0 Å². The van der Waals surface area contributed by atoms with Gasteiger partial charge in [0.25, 0.3) is 5.91 Å². The van der Waals surface area contributed by atoms with Crippen molar-refractivity contribution in [1.82, 2.24) is 4.31 Å². The van der Waals surface area contributed by atoms with E-state index >= 15 is 0 Å². The number of thiophene rings is 1. The molecule has 0 spiro atoms. The van der Waals surface area contributed by atoms with Gasteiger partial charge in [-0.25, -0.2) is 8.42 Å². The van der Waals surface area contributed by atoms with E-state index in [1.807, 2.05) is 0 Å². The first kappa shape index (κ1) is 19.2. The maximum atomic E-state index is 12.4. The molecule has 2 rings (SSSR count). The number of nitrogens with zero attached hydrogens (tertiary/aromatic N) is 1. The molecule has 130 valence electrons. The van der Waals surface area contributed by atoms with Crippen molar-refractivity contribution in [2.75, 3.05) is 12.4 Å². The topological polar surface area (TPSA) is 66.5 Å². The second-order valence-electron chi connectivity index (χ2n) is 5.33. The lowest BCUT2D eigenvalue weighted by molar-refractivity contribution is 0.102. The van der Waals surface area contributed by atoms with Crippen LogP contribution in [0.4, 0.5) is 5.69 Å². The monoisotopic (exact) mass is 406 g/mol. The Morgan fingerprint density at radius 3 is 2.25 bits per heavy atom. The lowest BCUT2D eigenvalue weighted by atomic mass is 10.3. The number of hydrogen-bond acceptors (Lipinski definition) is 4. The molecule has 1 heterocycles. The van der Waals surface area contributed by atoms with E-state index in [1.54, 1.807) is 13.8 Å². The minimum absolute atomic E-state index is 0.153. The van der Waals surface area contributed by atoms with E-state index in [4.69, 9.17) is 23.2 Å². The Kier molecular flexibility index (Phi) is 5.93. The highest BCUT2D eigenvalue weighted by atomic mass is 35.5. The smallest absolute Gasteiger partial charge is 0.258 e. The highest BCUT2D eigenvalue weighted by molar-refractivity contribution is 7.89. The Hall–Kier alpha value is -1.12. The summed E-state index contributed by atoms with van der Waals surface area (Å²) in [6.45, 7) is 3.59. The van der Waals surface area contributed by atoms with Gasteiger partial charge < -0.3 is 5.32 Å². The molecule has 0 atom stereocenters. The summed E-state index contributed by atoms with van der Waals surface area (Å²) in [5.74, 6) is -0.405. The molecule has 0 saturated heterocycles.